The number of ether oxygens (including phenoxy) is 1. The highest BCUT2D eigenvalue weighted by molar-refractivity contribution is 5.56. The molecule has 0 unspecified atom stereocenters. The molecule has 2 aromatic carbocycles. The normalized spacial score (nSPS) is 10.3. The van der Waals surface area contributed by atoms with Crippen molar-refractivity contribution in [3.05, 3.63) is 66.1 Å². The van der Waals surface area contributed by atoms with E-state index in [9.17, 15) is 4.39 Å². The van der Waals surface area contributed by atoms with Crippen LogP contribution < -0.4 is 15.4 Å². The second-order valence-electron chi connectivity index (χ2n) is 5.29. The van der Waals surface area contributed by atoms with E-state index < -0.39 is 0 Å². The van der Waals surface area contributed by atoms with Crippen LogP contribution in [0.15, 0.2) is 54.7 Å². The molecule has 3 rings (SSSR count). The quantitative estimate of drug-likeness (QED) is 0.687. The molecule has 1 aromatic heterocycles. The number of methoxy groups -OCH3 is 1. The third-order valence-corrected chi connectivity index (χ3v) is 3.55. The molecule has 0 saturated carbocycles. The summed E-state index contributed by atoms with van der Waals surface area (Å²) in [5.41, 5.74) is 1.51. The lowest BCUT2D eigenvalue weighted by Gasteiger charge is -2.08. The Hall–Kier alpha value is -3.22. The number of benzene rings is 2. The smallest absolute Gasteiger partial charge is 0.244 e. The van der Waals surface area contributed by atoms with Crippen molar-refractivity contribution < 1.29 is 9.13 Å². The van der Waals surface area contributed by atoms with Crippen molar-refractivity contribution in [2.75, 3.05) is 24.3 Å². The number of para-hydroxylation sites is 1. The van der Waals surface area contributed by atoms with E-state index in [0.717, 1.165) is 12.2 Å². The largest absolute Gasteiger partial charge is 0.497 e. The van der Waals surface area contributed by atoms with E-state index in [-0.39, 0.29) is 5.82 Å². The van der Waals surface area contributed by atoms with Crippen molar-refractivity contribution in [1.82, 2.24) is 15.2 Å². The molecular weight excluding hydrogens is 321 g/mol. The lowest BCUT2D eigenvalue weighted by atomic mass is 10.1. The molecule has 128 valence electrons. The maximum atomic E-state index is 13.7. The summed E-state index contributed by atoms with van der Waals surface area (Å²) in [7, 11) is 1.64. The summed E-state index contributed by atoms with van der Waals surface area (Å²) >= 11 is 0. The average molecular weight is 339 g/mol. The van der Waals surface area contributed by atoms with Gasteiger partial charge in [-0.1, -0.05) is 24.3 Å². The first-order valence-electron chi connectivity index (χ1n) is 7.82. The minimum absolute atomic E-state index is 0.340. The summed E-state index contributed by atoms with van der Waals surface area (Å²) in [5, 5.41) is 13.8. The topological polar surface area (TPSA) is 72.0 Å². The number of halogens is 1. The number of hydrogen-bond donors (Lipinski definition) is 2. The lowest BCUT2D eigenvalue weighted by Crippen LogP contribution is -2.10. The highest BCUT2D eigenvalue weighted by Crippen LogP contribution is 2.17. The SMILES string of the molecule is COc1ccc(CCNc2nncc(Nc3ccccc3F)n2)cc1. The fourth-order valence-corrected chi connectivity index (χ4v) is 2.25. The Morgan fingerprint density at radius 2 is 1.88 bits per heavy atom. The predicted molar refractivity (Wildman–Crippen MR) is 94.7 cm³/mol. The second-order valence-corrected chi connectivity index (χ2v) is 5.29. The Morgan fingerprint density at radius 1 is 1.08 bits per heavy atom. The van der Waals surface area contributed by atoms with Gasteiger partial charge in [0.2, 0.25) is 5.95 Å². The fourth-order valence-electron chi connectivity index (χ4n) is 2.25. The van der Waals surface area contributed by atoms with Crippen LogP contribution in [0.5, 0.6) is 5.75 Å². The monoisotopic (exact) mass is 339 g/mol. The molecule has 0 bridgehead atoms. The Bertz CT molecular complexity index is 826. The van der Waals surface area contributed by atoms with Crippen LogP contribution in [-0.2, 0) is 6.42 Å². The first kappa shape index (κ1) is 16.6. The number of hydrogen-bond acceptors (Lipinski definition) is 6. The van der Waals surface area contributed by atoms with Gasteiger partial charge in [0.05, 0.1) is 19.0 Å². The minimum atomic E-state index is -0.352. The predicted octanol–water partition coefficient (Wildman–Crippen LogP) is 3.42. The van der Waals surface area contributed by atoms with Crippen LogP contribution in [0.25, 0.3) is 0 Å². The molecular formula is C18H18FN5O. The summed E-state index contributed by atoms with van der Waals surface area (Å²) < 4.78 is 18.8. The first-order chi connectivity index (χ1) is 12.2. The van der Waals surface area contributed by atoms with Gasteiger partial charge in [-0.15, -0.1) is 5.10 Å². The zero-order valence-corrected chi connectivity index (χ0v) is 13.7. The molecule has 6 nitrogen and oxygen atoms in total. The van der Waals surface area contributed by atoms with Crippen molar-refractivity contribution in [2.24, 2.45) is 0 Å². The van der Waals surface area contributed by atoms with Gasteiger partial charge in [-0.2, -0.15) is 10.1 Å². The van der Waals surface area contributed by atoms with E-state index >= 15 is 0 Å². The van der Waals surface area contributed by atoms with E-state index in [0.29, 0.717) is 24.0 Å². The molecule has 0 aliphatic heterocycles. The molecule has 0 spiro atoms. The molecule has 0 aliphatic rings. The van der Waals surface area contributed by atoms with E-state index in [2.05, 4.69) is 25.8 Å². The van der Waals surface area contributed by atoms with Crippen LogP contribution in [0.3, 0.4) is 0 Å². The molecule has 0 saturated heterocycles. The van der Waals surface area contributed by atoms with Crippen molar-refractivity contribution in [1.29, 1.82) is 0 Å². The van der Waals surface area contributed by atoms with Crippen molar-refractivity contribution in [3.8, 4) is 5.75 Å². The molecule has 25 heavy (non-hydrogen) atoms. The maximum Gasteiger partial charge on any atom is 0.244 e. The molecule has 3 aromatic rings. The minimum Gasteiger partial charge on any atom is -0.497 e. The second kappa shape index (κ2) is 8.05. The van der Waals surface area contributed by atoms with Gasteiger partial charge < -0.3 is 15.4 Å². The molecule has 0 radical (unpaired) electrons. The molecule has 7 heteroatoms. The Morgan fingerprint density at radius 3 is 2.64 bits per heavy atom. The van der Waals surface area contributed by atoms with Crippen LogP contribution >= 0.6 is 0 Å². The summed E-state index contributed by atoms with van der Waals surface area (Å²) in [6, 6.07) is 14.3. The summed E-state index contributed by atoms with van der Waals surface area (Å²) in [6.45, 7) is 0.650. The third kappa shape index (κ3) is 4.63. The number of rotatable bonds is 7. The van der Waals surface area contributed by atoms with Gasteiger partial charge in [0.25, 0.3) is 0 Å². The number of aromatic nitrogens is 3. The van der Waals surface area contributed by atoms with E-state index in [1.807, 2.05) is 24.3 Å². The van der Waals surface area contributed by atoms with Crippen molar-refractivity contribution in [2.45, 2.75) is 6.42 Å². The van der Waals surface area contributed by atoms with Gasteiger partial charge >= 0.3 is 0 Å². The van der Waals surface area contributed by atoms with Gasteiger partial charge in [-0.3, -0.25) is 0 Å². The molecule has 0 atom stereocenters. The molecule has 0 aliphatic carbocycles. The van der Waals surface area contributed by atoms with E-state index in [1.54, 1.807) is 25.3 Å². The van der Waals surface area contributed by atoms with Gasteiger partial charge in [-0.25, -0.2) is 4.39 Å². The molecule has 0 fully saturated rings. The number of nitrogens with zero attached hydrogens (tertiary/aromatic N) is 3. The standard InChI is InChI=1S/C18H18FN5O/c1-25-14-8-6-13(7-9-14)10-11-20-18-23-17(12-21-24-18)22-16-5-3-2-4-15(16)19/h2-9,12H,10-11H2,1H3,(H2,20,22,23,24). The summed E-state index contributed by atoms with van der Waals surface area (Å²) in [4.78, 5) is 4.29. The number of nitrogens with one attached hydrogen (secondary N) is 2. The first-order valence-corrected chi connectivity index (χ1v) is 7.82. The third-order valence-electron chi connectivity index (χ3n) is 3.55. The van der Waals surface area contributed by atoms with Crippen molar-refractivity contribution >= 4 is 17.5 Å². The lowest BCUT2D eigenvalue weighted by molar-refractivity contribution is 0.414. The Labute approximate surface area is 145 Å². The van der Waals surface area contributed by atoms with Crippen LogP contribution in [-0.4, -0.2) is 28.8 Å². The maximum absolute atomic E-state index is 13.7. The van der Waals surface area contributed by atoms with Gasteiger partial charge in [0, 0.05) is 6.54 Å². The average Bonchev–Trinajstić information content (AvgIpc) is 2.65. The Kier molecular flexibility index (Phi) is 5.36. The fraction of sp³-hybridized carbons (Fsp3) is 0.167. The molecule has 1 heterocycles. The Balaban J connectivity index is 1.57. The van der Waals surface area contributed by atoms with Crippen LogP contribution in [0.2, 0.25) is 0 Å². The summed E-state index contributed by atoms with van der Waals surface area (Å²) in [5.74, 6) is 1.29. The van der Waals surface area contributed by atoms with Crippen LogP contribution in [0, 0.1) is 5.82 Å². The van der Waals surface area contributed by atoms with Gasteiger partial charge in [0.1, 0.15) is 11.6 Å². The molecule has 2 N–H and O–H groups in total. The highest BCUT2D eigenvalue weighted by Gasteiger charge is 2.04. The molecule has 0 amide bonds. The van der Waals surface area contributed by atoms with Crippen LogP contribution in [0.4, 0.5) is 21.8 Å². The zero-order valence-electron chi connectivity index (χ0n) is 13.7. The number of anilines is 3. The van der Waals surface area contributed by atoms with Crippen LogP contribution in [0.1, 0.15) is 5.56 Å². The zero-order chi connectivity index (χ0) is 17.5. The van der Waals surface area contributed by atoms with E-state index in [4.69, 9.17) is 4.74 Å². The van der Waals surface area contributed by atoms with Crippen molar-refractivity contribution in [3.63, 3.8) is 0 Å². The van der Waals surface area contributed by atoms with E-state index in [1.165, 1.54) is 17.8 Å². The highest BCUT2D eigenvalue weighted by atomic mass is 19.1. The van der Waals surface area contributed by atoms with Gasteiger partial charge in [-0.05, 0) is 36.2 Å². The van der Waals surface area contributed by atoms with Gasteiger partial charge in [0.15, 0.2) is 5.82 Å². The summed E-state index contributed by atoms with van der Waals surface area (Å²) in [6.07, 6.45) is 2.25.